The number of unbranched alkanes of at least 4 members (excludes halogenated alkanes) is 14. The molecule has 0 aliphatic rings. The summed E-state index contributed by atoms with van der Waals surface area (Å²) in [4.78, 5) is 12.5. The second-order valence-corrected chi connectivity index (χ2v) is 8.90. The number of benzene rings is 1. The van der Waals surface area contributed by atoms with E-state index in [1.165, 1.54) is 95.5 Å². The Morgan fingerprint density at radius 1 is 0.607 bits per heavy atom. The lowest BCUT2D eigenvalue weighted by Gasteiger charge is -2.10. The lowest BCUT2D eigenvalue weighted by Crippen LogP contribution is -2.05. The van der Waals surface area contributed by atoms with Crippen molar-refractivity contribution < 1.29 is 4.79 Å². The number of hydrogen-bond acceptors (Lipinski definition) is 1. The summed E-state index contributed by atoms with van der Waals surface area (Å²) in [7, 11) is 0. The molecule has 0 aliphatic carbocycles. The van der Waals surface area contributed by atoms with Crippen LogP contribution in [-0.4, -0.2) is 5.78 Å². The normalized spacial score (nSPS) is 11.1. The van der Waals surface area contributed by atoms with Crippen LogP contribution in [0.1, 0.15) is 137 Å². The molecule has 0 amide bonds. The van der Waals surface area contributed by atoms with E-state index < -0.39 is 0 Å². The fraction of sp³-hybridized carbons (Fsp3) is 0.741. The molecular formula is C27H46O. The first-order valence-electron chi connectivity index (χ1n) is 12.2. The number of ketones is 1. The van der Waals surface area contributed by atoms with Gasteiger partial charge in [0.05, 0.1) is 0 Å². The van der Waals surface area contributed by atoms with Crippen LogP contribution in [0.25, 0.3) is 0 Å². The lowest BCUT2D eigenvalue weighted by molar-refractivity contribution is 0.0978. The second-order valence-electron chi connectivity index (χ2n) is 8.90. The van der Waals surface area contributed by atoms with Crippen LogP contribution in [0, 0.1) is 20.8 Å². The Kier molecular flexibility index (Phi) is 14.0. The summed E-state index contributed by atoms with van der Waals surface area (Å²) in [5, 5.41) is 0. The first kappa shape index (κ1) is 24.9. The predicted molar refractivity (Wildman–Crippen MR) is 125 cm³/mol. The molecule has 160 valence electrons. The standard InChI is InChI=1S/C27H46O/c1-5-6-7-8-9-10-11-12-13-14-15-16-17-18-19-20-26(28)27-24(3)21-23(2)22-25(27)4/h21-22H,5-20H2,1-4H3. The molecule has 0 atom stereocenters. The molecule has 0 heterocycles. The molecule has 1 aromatic rings. The van der Waals surface area contributed by atoms with Crippen molar-refractivity contribution in [1.29, 1.82) is 0 Å². The van der Waals surface area contributed by atoms with Gasteiger partial charge in [-0.3, -0.25) is 4.79 Å². The maximum absolute atomic E-state index is 12.5. The Hall–Kier alpha value is -1.11. The van der Waals surface area contributed by atoms with Gasteiger partial charge in [-0.25, -0.2) is 0 Å². The van der Waals surface area contributed by atoms with Crippen molar-refractivity contribution in [2.24, 2.45) is 0 Å². The third-order valence-corrected chi connectivity index (χ3v) is 5.96. The minimum Gasteiger partial charge on any atom is -0.294 e. The van der Waals surface area contributed by atoms with Gasteiger partial charge in [0, 0.05) is 12.0 Å². The van der Waals surface area contributed by atoms with Gasteiger partial charge < -0.3 is 0 Å². The average molecular weight is 387 g/mol. The first-order valence-corrected chi connectivity index (χ1v) is 12.2. The average Bonchev–Trinajstić information content (AvgIpc) is 2.64. The van der Waals surface area contributed by atoms with E-state index in [1.54, 1.807) is 0 Å². The molecule has 0 unspecified atom stereocenters. The molecule has 1 heteroatoms. The molecule has 0 radical (unpaired) electrons. The van der Waals surface area contributed by atoms with Crippen LogP contribution in [0.3, 0.4) is 0 Å². The van der Waals surface area contributed by atoms with Crippen molar-refractivity contribution >= 4 is 5.78 Å². The summed E-state index contributed by atoms with van der Waals surface area (Å²) in [6.07, 6.45) is 21.2. The van der Waals surface area contributed by atoms with Crippen LogP contribution in [0.15, 0.2) is 12.1 Å². The number of hydrogen-bond donors (Lipinski definition) is 0. The summed E-state index contributed by atoms with van der Waals surface area (Å²) in [5.74, 6) is 0.338. The predicted octanol–water partition coefficient (Wildman–Crippen LogP) is 9.06. The number of rotatable bonds is 17. The van der Waals surface area contributed by atoms with E-state index in [1.807, 2.05) is 0 Å². The molecule has 0 bridgehead atoms. The molecule has 28 heavy (non-hydrogen) atoms. The maximum Gasteiger partial charge on any atom is 0.163 e. The van der Waals surface area contributed by atoms with Gasteiger partial charge in [0.25, 0.3) is 0 Å². The fourth-order valence-electron chi connectivity index (χ4n) is 4.40. The summed E-state index contributed by atoms with van der Waals surface area (Å²) in [6, 6.07) is 4.26. The highest BCUT2D eigenvalue weighted by atomic mass is 16.1. The van der Waals surface area contributed by atoms with Crippen LogP contribution in [0.5, 0.6) is 0 Å². The van der Waals surface area contributed by atoms with Crippen molar-refractivity contribution in [2.75, 3.05) is 0 Å². The minimum absolute atomic E-state index is 0.338. The van der Waals surface area contributed by atoms with Crippen LogP contribution in [0.4, 0.5) is 0 Å². The van der Waals surface area contributed by atoms with Gasteiger partial charge in [-0.05, 0) is 38.3 Å². The zero-order chi connectivity index (χ0) is 20.6. The Bertz CT molecular complexity index is 520. The second kappa shape index (κ2) is 15.8. The monoisotopic (exact) mass is 386 g/mol. The van der Waals surface area contributed by atoms with Gasteiger partial charge in [0.15, 0.2) is 5.78 Å². The van der Waals surface area contributed by atoms with Crippen molar-refractivity contribution in [1.82, 2.24) is 0 Å². The Labute approximate surface area is 175 Å². The molecule has 1 aromatic carbocycles. The van der Waals surface area contributed by atoms with Crippen molar-refractivity contribution in [3.8, 4) is 0 Å². The highest BCUT2D eigenvalue weighted by Crippen LogP contribution is 2.20. The minimum atomic E-state index is 0.338. The van der Waals surface area contributed by atoms with Crippen LogP contribution < -0.4 is 0 Å². The SMILES string of the molecule is CCCCCCCCCCCCCCCCCC(=O)c1c(C)cc(C)cc1C. The number of carbonyl (C=O) groups excluding carboxylic acids is 1. The molecule has 0 N–H and O–H groups in total. The largest absolute Gasteiger partial charge is 0.294 e. The van der Waals surface area contributed by atoms with Gasteiger partial charge in [-0.1, -0.05) is 115 Å². The van der Waals surface area contributed by atoms with E-state index in [4.69, 9.17) is 0 Å². The molecule has 0 fully saturated rings. The van der Waals surface area contributed by atoms with E-state index in [-0.39, 0.29) is 0 Å². The highest BCUT2D eigenvalue weighted by Gasteiger charge is 2.12. The van der Waals surface area contributed by atoms with Gasteiger partial charge in [-0.15, -0.1) is 0 Å². The third-order valence-electron chi connectivity index (χ3n) is 5.96. The molecule has 0 aliphatic heterocycles. The molecule has 0 spiro atoms. The molecule has 1 nitrogen and oxygen atoms in total. The topological polar surface area (TPSA) is 17.1 Å². The number of aryl methyl sites for hydroxylation is 3. The molecule has 0 saturated heterocycles. The Balaban J connectivity index is 1.95. The first-order chi connectivity index (χ1) is 13.6. The van der Waals surface area contributed by atoms with E-state index in [0.717, 1.165) is 23.1 Å². The van der Waals surface area contributed by atoms with Gasteiger partial charge in [0.1, 0.15) is 0 Å². The summed E-state index contributed by atoms with van der Waals surface area (Å²) >= 11 is 0. The molecule has 0 saturated carbocycles. The Morgan fingerprint density at radius 2 is 0.964 bits per heavy atom. The summed E-state index contributed by atoms with van der Waals surface area (Å²) < 4.78 is 0. The quantitative estimate of drug-likeness (QED) is 0.193. The summed E-state index contributed by atoms with van der Waals surface area (Å²) in [5.41, 5.74) is 4.50. The van der Waals surface area contributed by atoms with E-state index in [2.05, 4.69) is 39.8 Å². The summed E-state index contributed by atoms with van der Waals surface area (Å²) in [6.45, 7) is 8.52. The van der Waals surface area contributed by atoms with E-state index in [9.17, 15) is 4.79 Å². The van der Waals surface area contributed by atoms with Crippen LogP contribution in [0.2, 0.25) is 0 Å². The lowest BCUT2D eigenvalue weighted by atomic mass is 9.94. The maximum atomic E-state index is 12.5. The zero-order valence-corrected chi connectivity index (χ0v) is 19.4. The highest BCUT2D eigenvalue weighted by molar-refractivity contribution is 5.98. The van der Waals surface area contributed by atoms with E-state index >= 15 is 0 Å². The van der Waals surface area contributed by atoms with E-state index in [0.29, 0.717) is 12.2 Å². The number of Topliss-reactive ketones (excluding diaryl/α,β-unsaturated/α-hetero) is 1. The van der Waals surface area contributed by atoms with Crippen LogP contribution >= 0.6 is 0 Å². The number of carbonyl (C=O) groups is 1. The Morgan fingerprint density at radius 3 is 1.36 bits per heavy atom. The zero-order valence-electron chi connectivity index (χ0n) is 19.4. The molecule has 0 aromatic heterocycles. The van der Waals surface area contributed by atoms with Crippen molar-refractivity contribution in [2.45, 2.75) is 130 Å². The smallest absolute Gasteiger partial charge is 0.163 e. The van der Waals surface area contributed by atoms with Gasteiger partial charge >= 0.3 is 0 Å². The molecular weight excluding hydrogens is 340 g/mol. The van der Waals surface area contributed by atoms with Crippen molar-refractivity contribution in [3.05, 3.63) is 34.4 Å². The van der Waals surface area contributed by atoms with Gasteiger partial charge in [0.2, 0.25) is 0 Å². The van der Waals surface area contributed by atoms with Gasteiger partial charge in [-0.2, -0.15) is 0 Å². The third kappa shape index (κ3) is 11.0. The molecule has 1 rings (SSSR count). The van der Waals surface area contributed by atoms with Crippen LogP contribution in [-0.2, 0) is 0 Å². The van der Waals surface area contributed by atoms with Crippen molar-refractivity contribution in [3.63, 3.8) is 0 Å². The fourth-order valence-corrected chi connectivity index (χ4v) is 4.40.